The number of hydrogen-bond donors (Lipinski definition) is 4. The van der Waals surface area contributed by atoms with E-state index in [0.29, 0.717) is 12.0 Å². The van der Waals surface area contributed by atoms with Crippen LogP contribution in [0.25, 0.3) is 0 Å². The summed E-state index contributed by atoms with van der Waals surface area (Å²) in [6.07, 6.45) is 5.25. The molecule has 0 aromatic heterocycles. The van der Waals surface area contributed by atoms with Gasteiger partial charge in [0.2, 0.25) is 17.7 Å². The van der Waals surface area contributed by atoms with E-state index in [4.69, 9.17) is 5.73 Å². The van der Waals surface area contributed by atoms with Crippen LogP contribution in [-0.2, 0) is 27.2 Å². The van der Waals surface area contributed by atoms with Crippen molar-refractivity contribution < 1.29 is 19.5 Å². The topological polar surface area (TPSA) is 146 Å². The van der Waals surface area contributed by atoms with Gasteiger partial charge in [0.25, 0.3) is 0 Å². The van der Waals surface area contributed by atoms with Crippen LogP contribution in [0, 0.1) is 5.92 Å². The van der Waals surface area contributed by atoms with Gasteiger partial charge in [-0.2, -0.15) is 0 Å². The van der Waals surface area contributed by atoms with E-state index in [9.17, 15) is 19.5 Å². The quantitative estimate of drug-likeness (QED) is 0.343. The Morgan fingerprint density at radius 2 is 1.63 bits per heavy atom. The van der Waals surface area contributed by atoms with E-state index >= 15 is 0 Å². The zero-order chi connectivity index (χ0) is 25.2. The van der Waals surface area contributed by atoms with Crippen LogP contribution in [0.4, 0.5) is 0 Å². The molecule has 9 heteroatoms. The fourth-order valence-electron chi connectivity index (χ4n) is 3.69. The number of phenols is 1. The molecule has 0 fully saturated rings. The lowest BCUT2D eigenvalue weighted by Crippen LogP contribution is -2.55. The molecule has 0 radical (unpaired) electrons. The molecule has 0 saturated heterocycles. The second-order valence-electron chi connectivity index (χ2n) is 8.29. The molecule has 0 saturated carbocycles. The number of carbonyl (C=O) groups excluding carboxylic acids is 3. The highest BCUT2D eigenvalue weighted by Crippen LogP contribution is 2.14. The Balaban J connectivity index is 1.72. The van der Waals surface area contributed by atoms with E-state index < -0.39 is 29.8 Å². The summed E-state index contributed by atoms with van der Waals surface area (Å²) >= 11 is 0. The van der Waals surface area contributed by atoms with Gasteiger partial charge in [0.15, 0.2) is 0 Å². The Bertz CT molecular complexity index is 1090. The second kappa shape index (κ2) is 12.3. The van der Waals surface area contributed by atoms with E-state index in [1.165, 1.54) is 18.5 Å². The number of nitrogens with one attached hydrogen (secondary N) is 2. The van der Waals surface area contributed by atoms with Crippen LogP contribution in [0.3, 0.4) is 0 Å². The fourth-order valence-corrected chi connectivity index (χ4v) is 3.69. The number of amides is 3. The van der Waals surface area contributed by atoms with Gasteiger partial charge in [-0.3, -0.25) is 19.4 Å². The van der Waals surface area contributed by atoms with Crippen LogP contribution in [0.15, 0.2) is 77.2 Å². The number of rotatable bonds is 12. The minimum Gasteiger partial charge on any atom is -0.508 e. The molecule has 2 aromatic carbocycles. The van der Waals surface area contributed by atoms with E-state index in [1.807, 2.05) is 30.3 Å². The third-order valence-electron chi connectivity index (χ3n) is 5.65. The van der Waals surface area contributed by atoms with E-state index in [0.717, 1.165) is 5.56 Å². The zero-order valence-electron chi connectivity index (χ0n) is 19.2. The van der Waals surface area contributed by atoms with Gasteiger partial charge >= 0.3 is 0 Å². The summed E-state index contributed by atoms with van der Waals surface area (Å²) in [7, 11) is 0. The van der Waals surface area contributed by atoms with Crippen LogP contribution in [0.1, 0.15) is 17.5 Å². The first-order valence-corrected chi connectivity index (χ1v) is 11.2. The number of nitrogens with zero attached hydrogens (tertiary/aromatic N) is 2. The number of phenolic OH excluding ortho intramolecular Hbond substituents is 1. The standard InChI is InChI=1S/C26H29N5O4/c1-2-19(12-17-6-4-3-5-7-17)25(34)31-23(14-20-15-28-16-29-20)26(35)30-22(24(27)33)13-18-8-10-21(32)11-9-18/h2-11,15-16,19-20,22-23,32H,1,12-14H2,(H2,27,33)(H,30,35)(H,31,34). The number of hydrogen-bond acceptors (Lipinski definition) is 6. The Morgan fingerprint density at radius 1 is 0.971 bits per heavy atom. The average molecular weight is 476 g/mol. The largest absolute Gasteiger partial charge is 0.508 e. The Hall–Kier alpha value is -4.27. The molecule has 1 aliphatic rings. The molecule has 2 aromatic rings. The predicted octanol–water partition coefficient (Wildman–Crippen LogP) is 1.31. The molecule has 35 heavy (non-hydrogen) atoms. The summed E-state index contributed by atoms with van der Waals surface area (Å²) in [5.41, 5.74) is 7.20. The molecule has 9 nitrogen and oxygen atoms in total. The second-order valence-corrected chi connectivity index (χ2v) is 8.29. The number of benzene rings is 2. The average Bonchev–Trinajstić information content (AvgIpc) is 3.36. The van der Waals surface area contributed by atoms with Crippen LogP contribution in [-0.4, -0.2) is 53.5 Å². The van der Waals surface area contributed by atoms with Gasteiger partial charge in [0.05, 0.1) is 12.0 Å². The van der Waals surface area contributed by atoms with E-state index in [-0.39, 0.29) is 30.5 Å². The Kier molecular flexibility index (Phi) is 8.89. The highest BCUT2D eigenvalue weighted by atomic mass is 16.3. The van der Waals surface area contributed by atoms with Gasteiger partial charge in [-0.1, -0.05) is 48.5 Å². The molecule has 0 bridgehead atoms. The molecule has 0 aliphatic carbocycles. The lowest BCUT2D eigenvalue weighted by molar-refractivity contribution is -0.132. The summed E-state index contributed by atoms with van der Waals surface area (Å²) in [6.45, 7) is 3.77. The summed E-state index contributed by atoms with van der Waals surface area (Å²) in [6, 6.07) is 13.4. The lowest BCUT2D eigenvalue weighted by Gasteiger charge is -2.24. The molecular formula is C26H29N5O4. The number of aromatic hydroxyl groups is 1. The molecule has 3 amide bonds. The minimum atomic E-state index is -1.01. The monoisotopic (exact) mass is 475 g/mol. The highest BCUT2D eigenvalue weighted by Gasteiger charge is 2.30. The first-order chi connectivity index (χ1) is 16.9. The summed E-state index contributed by atoms with van der Waals surface area (Å²) in [5.74, 6) is -2.11. The van der Waals surface area contributed by atoms with Crippen molar-refractivity contribution in [2.45, 2.75) is 37.4 Å². The molecule has 182 valence electrons. The molecule has 4 unspecified atom stereocenters. The van der Waals surface area contributed by atoms with Crippen molar-refractivity contribution in [2.24, 2.45) is 21.6 Å². The first kappa shape index (κ1) is 25.4. The molecule has 5 N–H and O–H groups in total. The first-order valence-electron chi connectivity index (χ1n) is 11.2. The molecule has 1 heterocycles. The smallest absolute Gasteiger partial charge is 0.243 e. The summed E-state index contributed by atoms with van der Waals surface area (Å²) < 4.78 is 0. The normalized spacial score (nSPS) is 16.7. The molecule has 1 aliphatic heterocycles. The third-order valence-corrected chi connectivity index (χ3v) is 5.65. The van der Waals surface area contributed by atoms with Crippen molar-refractivity contribution in [1.82, 2.24) is 10.6 Å². The minimum absolute atomic E-state index is 0.0854. The van der Waals surface area contributed by atoms with Crippen LogP contribution >= 0.6 is 0 Å². The maximum Gasteiger partial charge on any atom is 0.243 e. The number of carbonyl (C=O) groups is 3. The Morgan fingerprint density at radius 3 is 2.23 bits per heavy atom. The maximum atomic E-state index is 13.2. The van der Waals surface area contributed by atoms with Crippen molar-refractivity contribution in [2.75, 3.05) is 0 Å². The van der Waals surface area contributed by atoms with E-state index in [2.05, 4.69) is 27.2 Å². The van der Waals surface area contributed by atoms with Gasteiger partial charge < -0.3 is 21.5 Å². The fraction of sp³-hybridized carbons (Fsp3) is 0.269. The molecule has 4 atom stereocenters. The molecule has 3 rings (SSSR count). The van der Waals surface area contributed by atoms with Gasteiger partial charge in [-0.15, -0.1) is 6.58 Å². The Labute approximate surface area is 203 Å². The molecule has 0 spiro atoms. The SMILES string of the molecule is C=CC(Cc1ccccc1)C(=O)NC(CC1C=NC=N1)C(=O)NC(Cc1ccc(O)cc1)C(N)=O. The van der Waals surface area contributed by atoms with Gasteiger partial charge in [0, 0.05) is 19.1 Å². The maximum absolute atomic E-state index is 13.2. The van der Waals surface area contributed by atoms with Crippen molar-refractivity contribution in [3.63, 3.8) is 0 Å². The van der Waals surface area contributed by atoms with E-state index in [1.54, 1.807) is 24.4 Å². The number of nitrogens with two attached hydrogens (primary N) is 1. The van der Waals surface area contributed by atoms with Gasteiger partial charge in [0.1, 0.15) is 24.2 Å². The van der Waals surface area contributed by atoms with Gasteiger partial charge in [-0.25, -0.2) is 4.99 Å². The van der Waals surface area contributed by atoms with Crippen LogP contribution in [0.2, 0.25) is 0 Å². The van der Waals surface area contributed by atoms with Crippen molar-refractivity contribution >= 4 is 30.3 Å². The highest BCUT2D eigenvalue weighted by molar-refractivity contribution is 5.93. The third kappa shape index (κ3) is 7.63. The van der Waals surface area contributed by atoms with Crippen LogP contribution < -0.4 is 16.4 Å². The summed E-state index contributed by atoms with van der Waals surface area (Å²) in [5, 5.41) is 14.9. The van der Waals surface area contributed by atoms with Crippen molar-refractivity contribution in [3.8, 4) is 5.75 Å². The number of primary amides is 1. The summed E-state index contributed by atoms with van der Waals surface area (Å²) in [4.78, 5) is 46.4. The van der Waals surface area contributed by atoms with Crippen LogP contribution in [0.5, 0.6) is 5.75 Å². The predicted molar refractivity (Wildman–Crippen MR) is 134 cm³/mol. The zero-order valence-corrected chi connectivity index (χ0v) is 19.2. The van der Waals surface area contributed by atoms with Crippen molar-refractivity contribution in [3.05, 3.63) is 78.4 Å². The molecular weight excluding hydrogens is 446 g/mol. The van der Waals surface area contributed by atoms with Crippen molar-refractivity contribution in [1.29, 1.82) is 0 Å². The number of aliphatic imine (C=N–C) groups is 2. The lowest BCUT2D eigenvalue weighted by atomic mass is 9.97. The van der Waals surface area contributed by atoms with Gasteiger partial charge in [-0.05, 0) is 29.7 Å².